The van der Waals surface area contributed by atoms with Gasteiger partial charge in [0.1, 0.15) is 18.1 Å². The Morgan fingerprint density at radius 2 is 1.54 bits per heavy atom. The van der Waals surface area contributed by atoms with Gasteiger partial charge in [0.05, 0.1) is 19.0 Å². The van der Waals surface area contributed by atoms with E-state index in [2.05, 4.69) is 26.3 Å². The van der Waals surface area contributed by atoms with E-state index in [1.807, 2.05) is 6.26 Å². The summed E-state index contributed by atoms with van der Waals surface area (Å²) in [6, 6.07) is -4.61. The second kappa shape index (κ2) is 17.8. The molecular weight excluding hydrogens is 510 g/mol. The van der Waals surface area contributed by atoms with Gasteiger partial charge in [-0.25, -0.2) is 4.79 Å². The van der Waals surface area contributed by atoms with Gasteiger partial charge in [0, 0.05) is 6.54 Å². The number of rotatable bonds is 18. The van der Waals surface area contributed by atoms with Gasteiger partial charge in [-0.15, -0.1) is 0 Å². The predicted octanol–water partition coefficient (Wildman–Crippen LogP) is -4.33. The lowest BCUT2D eigenvalue weighted by atomic mass is 10.1. The second-order valence-electron chi connectivity index (χ2n) is 7.97. The van der Waals surface area contributed by atoms with E-state index >= 15 is 0 Å². The molecule has 37 heavy (non-hydrogen) atoms. The quantitative estimate of drug-likeness (QED) is 0.0449. The number of nitrogens with zero attached hydrogens (tertiary/aromatic N) is 1. The van der Waals surface area contributed by atoms with Crippen molar-refractivity contribution < 1.29 is 33.9 Å². The third-order valence-electron chi connectivity index (χ3n) is 4.76. The number of aliphatic carboxylic acids is 1. The first-order chi connectivity index (χ1) is 17.3. The normalized spacial score (nSPS) is 13.7. The van der Waals surface area contributed by atoms with E-state index in [4.69, 9.17) is 28.0 Å². The van der Waals surface area contributed by atoms with Crippen molar-refractivity contribution >= 4 is 53.2 Å². The molecule has 0 saturated heterocycles. The molecule has 16 nitrogen and oxygen atoms in total. The molecule has 0 rings (SSSR count). The Morgan fingerprint density at radius 3 is 2.08 bits per heavy atom. The molecular formula is C20H37N9O7S. The summed E-state index contributed by atoms with van der Waals surface area (Å²) >= 11 is 1.52. The van der Waals surface area contributed by atoms with Gasteiger partial charge >= 0.3 is 5.97 Å². The topological polar surface area (TPSA) is 287 Å². The first-order valence-corrected chi connectivity index (χ1v) is 12.7. The largest absolute Gasteiger partial charge is 0.480 e. The zero-order chi connectivity index (χ0) is 28.5. The molecule has 210 valence electrons. The molecule has 17 heteroatoms. The van der Waals surface area contributed by atoms with Crippen molar-refractivity contribution in [3.05, 3.63) is 0 Å². The maximum Gasteiger partial charge on any atom is 0.326 e. The lowest BCUT2D eigenvalue weighted by molar-refractivity contribution is -0.143. The van der Waals surface area contributed by atoms with Gasteiger partial charge in [-0.05, 0) is 38.2 Å². The van der Waals surface area contributed by atoms with Crippen LogP contribution in [0.25, 0.3) is 0 Å². The van der Waals surface area contributed by atoms with Crippen molar-refractivity contribution in [3.63, 3.8) is 0 Å². The predicted molar refractivity (Wildman–Crippen MR) is 137 cm³/mol. The Balaban J connectivity index is 4.98. The molecule has 0 heterocycles. The van der Waals surface area contributed by atoms with Gasteiger partial charge in [0.15, 0.2) is 5.96 Å². The fourth-order valence-electron chi connectivity index (χ4n) is 2.77. The number of hydrogen-bond donors (Lipinski definition) is 9. The molecule has 0 aliphatic rings. The second-order valence-corrected chi connectivity index (χ2v) is 8.96. The third-order valence-corrected chi connectivity index (χ3v) is 5.41. The van der Waals surface area contributed by atoms with Crippen LogP contribution in [0.1, 0.15) is 32.6 Å². The number of carbonyl (C=O) groups is 6. The minimum atomic E-state index is -1.56. The Kier molecular flexibility index (Phi) is 16.0. The van der Waals surface area contributed by atoms with Crippen LogP contribution in [0.4, 0.5) is 0 Å². The summed E-state index contributed by atoms with van der Waals surface area (Å²) in [5.74, 6) is -4.72. The number of hydrogen-bond acceptors (Lipinski definition) is 9. The molecule has 0 fully saturated rings. The van der Waals surface area contributed by atoms with Crippen LogP contribution < -0.4 is 44.2 Å². The van der Waals surface area contributed by atoms with Crippen molar-refractivity contribution in [2.45, 2.75) is 56.8 Å². The molecule has 4 atom stereocenters. The first kappa shape index (κ1) is 33.4. The molecule has 0 unspecified atom stereocenters. The summed E-state index contributed by atoms with van der Waals surface area (Å²) in [6.07, 6.45) is 2.14. The molecule has 0 aromatic rings. The van der Waals surface area contributed by atoms with E-state index in [0.717, 1.165) is 0 Å². The number of carboxylic acids is 1. The molecule has 0 aliphatic carbocycles. The summed E-state index contributed by atoms with van der Waals surface area (Å²) in [7, 11) is 0. The van der Waals surface area contributed by atoms with E-state index in [-0.39, 0.29) is 18.9 Å². The van der Waals surface area contributed by atoms with Crippen LogP contribution in [0.3, 0.4) is 0 Å². The Labute approximate surface area is 218 Å². The maximum absolute atomic E-state index is 12.7. The molecule has 0 aromatic heterocycles. The minimum Gasteiger partial charge on any atom is -0.480 e. The standard InChI is InChI=1S/C20H37N9O7S/c1-10(16(32)29-13(19(35)36)8-14(22)30)27-15(31)9-26-18(34)12(4-3-6-25-20(23)24)28-17(33)11(21)5-7-37-2/h10-13H,3-9,21H2,1-2H3,(H2,22,30)(H,26,34)(H,27,31)(H,28,33)(H,29,32)(H,35,36)(H4,23,24,25)/t10-,11-,12-,13-/m0/s1. The molecule has 5 amide bonds. The van der Waals surface area contributed by atoms with Crippen LogP contribution in [-0.4, -0.2) is 95.8 Å². The third kappa shape index (κ3) is 15.2. The number of guanidine groups is 1. The number of nitrogens with one attached hydrogen (secondary N) is 4. The summed E-state index contributed by atoms with van der Waals surface area (Å²) < 4.78 is 0. The van der Waals surface area contributed by atoms with Crippen LogP contribution in [0.15, 0.2) is 4.99 Å². The van der Waals surface area contributed by atoms with Gasteiger partial charge in [-0.3, -0.25) is 29.0 Å². The lowest BCUT2D eigenvalue weighted by Gasteiger charge is -2.21. The van der Waals surface area contributed by atoms with E-state index in [0.29, 0.717) is 18.6 Å². The molecule has 13 N–H and O–H groups in total. The monoisotopic (exact) mass is 547 g/mol. The average molecular weight is 548 g/mol. The number of thioether (sulfide) groups is 1. The highest BCUT2D eigenvalue weighted by Crippen LogP contribution is 2.03. The fraction of sp³-hybridized carbons (Fsp3) is 0.650. The highest BCUT2D eigenvalue weighted by Gasteiger charge is 2.26. The average Bonchev–Trinajstić information content (AvgIpc) is 2.81. The first-order valence-electron chi connectivity index (χ1n) is 11.3. The fourth-order valence-corrected chi connectivity index (χ4v) is 3.26. The van der Waals surface area contributed by atoms with Crippen LogP contribution in [-0.2, 0) is 28.8 Å². The highest BCUT2D eigenvalue weighted by molar-refractivity contribution is 7.98. The summed E-state index contributed by atoms with van der Waals surface area (Å²) in [4.78, 5) is 75.3. The van der Waals surface area contributed by atoms with Crippen molar-refractivity contribution in [2.24, 2.45) is 27.9 Å². The summed E-state index contributed by atoms with van der Waals surface area (Å²) in [6.45, 7) is 0.945. The Bertz CT molecular complexity index is 852. The zero-order valence-electron chi connectivity index (χ0n) is 20.8. The number of carbonyl (C=O) groups excluding carboxylic acids is 5. The van der Waals surface area contributed by atoms with Gasteiger partial charge in [0.2, 0.25) is 29.5 Å². The molecule has 0 aliphatic heterocycles. The SMILES string of the molecule is CSCC[C@H](N)C(=O)N[C@@H](CCCN=C(N)N)C(=O)NCC(=O)N[C@@H](C)C(=O)N[C@@H](CC(N)=O)C(=O)O. The molecule has 0 saturated carbocycles. The van der Waals surface area contributed by atoms with E-state index in [9.17, 15) is 28.8 Å². The number of amides is 5. The van der Waals surface area contributed by atoms with E-state index in [1.165, 1.54) is 18.7 Å². The smallest absolute Gasteiger partial charge is 0.326 e. The lowest BCUT2D eigenvalue weighted by Crippen LogP contribution is -2.54. The molecule has 0 radical (unpaired) electrons. The number of aliphatic imine (C=N–C) groups is 1. The van der Waals surface area contributed by atoms with E-state index < -0.39 is 72.6 Å². The van der Waals surface area contributed by atoms with Crippen LogP contribution in [0, 0.1) is 0 Å². The number of primary amides is 1. The maximum atomic E-state index is 12.7. The van der Waals surface area contributed by atoms with Crippen LogP contribution in [0.5, 0.6) is 0 Å². The van der Waals surface area contributed by atoms with Crippen molar-refractivity contribution in [1.82, 2.24) is 21.3 Å². The molecule has 0 bridgehead atoms. The van der Waals surface area contributed by atoms with Crippen LogP contribution in [0.2, 0.25) is 0 Å². The van der Waals surface area contributed by atoms with E-state index in [1.54, 1.807) is 0 Å². The number of carboxylic acid groups (broad SMARTS) is 1. The van der Waals surface area contributed by atoms with Gasteiger partial charge < -0.3 is 49.3 Å². The minimum absolute atomic E-state index is 0.122. The Morgan fingerprint density at radius 1 is 0.919 bits per heavy atom. The highest BCUT2D eigenvalue weighted by atomic mass is 32.2. The van der Waals surface area contributed by atoms with Crippen molar-refractivity contribution in [3.8, 4) is 0 Å². The van der Waals surface area contributed by atoms with Gasteiger partial charge in [-0.1, -0.05) is 0 Å². The van der Waals surface area contributed by atoms with Crippen LogP contribution >= 0.6 is 11.8 Å². The molecule has 0 aromatic carbocycles. The Hall–Kier alpha value is -3.60. The van der Waals surface area contributed by atoms with Gasteiger partial charge in [-0.2, -0.15) is 11.8 Å². The van der Waals surface area contributed by atoms with Gasteiger partial charge in [0.25, 0.3) is 0 Å². The summed E-state index contributed by atoms with van der Waals surface area (Å²) in [5, 5.41) is 18.4. The summed E-state index contributed by atoms with van der Waals surface area (Å²) in [5.41, 5.74) is 21.4. The van der Waals surface area contributed by atoms with Crippen molar-refractivity contribution in [1.29, 1.82) is 0 Å². The number of nitrogens with two attached hydrogens (primary N) is 4. The molecule has 0 spiro atoms. The zero-order valence-corrected chi connectivity index (χ0v) is 21.6. The van der Waals surface area contributed by atoms with Crippen molar-refractivity contribution in [2.75, 3.05) is 25.1 Å².